The number of carbonyl (C=O) groups excluding carboxylic acids is 1. The van der Waals surface area contributed by atoms with Crippen molar-refractivity contribution in [1.82, 2.24) is 0 Å². The van der Waals surface area contributed by atoms with Gasteiger partial charge in [-0.2, -0.15) is 0 Å². The first-order valence-corrected chi connectivity index (χ1v) is 5.79. The summed E-state index contributed by atoms with van der Waals surface area (Å²) >= 11 is 0. The number of carbonyl (C=O) groups is 1. The lowest BCUT2D eigenvalue weighted by Crippen LogP contribution is -2.31. The molecule has 0 saturated heterocycles. The third-order valence-corrected chi connectivity index (χ3v) is 3.28. The summed E-state index contributed by atoms with van der Waals surface area (Å²) in [4.78, 5) is 11.9. The number of nitrogens with two attached hydrogens (primary N) is 1. The fourth-order valence-corrected chi connectivity index (χ4v) is 2.43. The first-order valence-electron chi connectivity index (χ1n) is 5.79. The fraction of sp³-hybridized carbons (Fsp3) is 0.462. The van der Waals surface area contributed by atoms with E-state index in [0.717, 1.165) is 25.3 Å². The summed E-state index contributed by atoms with van der Waals surface area (Å²) in [6, 6.07) is 3.10. The number of rotatable bonds is 3. The third-order valence-electron chi connectivity index (χ3n) is 3.28. The van der Waals surface area contributed by atoms with Crippen LogP contribution < -0.4 is 5.73 Å². The van der Waals surface area contributed by atoms with Crippen LogP contribution in [0.25, 0.3) is 0 Å². The van der Waals surface area contributed by atoms with E-state index in [0.29, 0.717) is 5.56 Å². The van der Waals surface area contributed by atoms with Gasteiger partial charge in [0.15, 0.2) is 0 Å². The molecule has 4 heteroatoms. The molecule has 1 aromatic rings. The SMILES string of the molecule is NC1CCCC1C(=O)Cc1cc(F)cc(F)c1. The molecule has 17 heavy (non-hydrogen) atoms. The predicted octanol–water partition coefficient (Wildman–Crippen LogP) is 2.20. The molecule has 92 valence electrons. The van der Waals surface area contributed by atoms with E-state index < -0.39 is 11.6 Å². The number of halogens is 2. The van der Waals surface area contributed by atoms with Crippen molar-refractivity contribution in [2.45, 2.75) is 31.7 Å². The Hall–Kier alpha value is -1.29. The van der Waals surface area contributed by atoms with Crippen molar-refractivity contribution >= 4 is 5.78 Å². The van der Waals surface area contributed by atoms with E-state index in [4.69, 9.17) is 5.73 Å². The summed E-state index contributed by atoms with van der Waals surface area (Å²) in [5.74, 6) is -1.46. The van der Waals surface area contributed by atoms with Crippen LogP contribution in [0.15, 0.2) is 18.2 Å². The summed E-state index contributed by atoms with van der Waals surface area (Å²) in [6.07, 6.45) is 2.66. The molecular formula is C13H15F2NO. The Morgan fingerprint density at radius 1 is 1.24 bits per heavy atom. The normalized spacial score (nSPS) is 23.9. The molecule has 1 fully saturated rings. The summed E-state index contributed by atoms with van der Waals surface area (Å²) < 4.78 is 25.9. The first kappa shape index (κ1) is 12.2. The van der Waals surface area contributed by atoms with Gasteiger partial charge < -0.3 is 5.73 Å². The maximum atomic E-state index is 13.0. The van der Waals surface area contributed by atoms with Gasteiger partial charge in [-0.3, -0.25) is 4.79 Å². The Bertz CT molecular complexity index is 413. The molecule has 2 nitrogen and oxygen atoms in total. The number of ketones is 1. The highest BCUT2D eigenvalue weighted by molar-refractivity contribution is 5.84. The van der Waals surface area contributed by atoms with Gasteiger partial charge in [-0.25, -0.2) is 8.78 Å². The molecule has 2 atom stereocenters. The second kappa shape index (κ2) is 4.92. The quantitative estimate of drug-likeness (QED) is 0.878. The van der Waals surface area contributed by atoms with Gasteiger partial charge in [0.05, 0.1) is 0 Å². The van der Waals surface area contributed by atoms with Crippen molar-refractivity contribution in [2.24, 2.45) is 11.7 Å². The fourth-order valence-electron chi connectivity index (χ4n) is 2.43. The minimum absolute atomic E-state index is 0.0139. The monoisotopic (exact) mass is 239 g/mol. The van der Waals surface area contributed by atoms with E-state index in [1.54, 1.807) is 0 Å². The molecule has 2 rings (SSSR count). The second-order valence-electron chi connectivity index (χ2n) is 4.62. The van der Waals surface area contributed by atoms with Crippen LogP contribution in [0.1, 0.15) is 24.8 Å². The first-order chi connectivity index (χ1) is 8.06. The number of hydrogen-bond donors (Lipinski definition) is 1. The number of hydrogen-bond acceptors (Lipinski definition) is 2. The Morgan fingerprint density at radius 2 is 1.88 bits per heavy atom. The summed E-state index contributed by atoms with van der Waals surface area (Å²) in [5, 5.41) is 0. The molecule has 0 bridgehead atoms. The second-order valence-corrected chi connectivity index (χ2v) is 4.62. The van der Waals surface area contributed by atoms with Gasteiger partial charge >= 0.3 is 0 Å². The topological polar surface area (TPSA) is 43.1 Å². The zero-order valence-corrected chi connectivity index (χ0v) is 9.46. The Kier molecular flexibility index (Phi) is 3.52. The van der Waals surface area contributed by atoms with Crippen LogP contribution in [-0.4, -0.2) is 11.8 Å². The molecule has 1 saturated carbocycles. The lowest BCUT2D eigenvalue weighted by atomic mass is 9.94. The summed E-state index contributed by atoms with van der Waals surface area (Å²) in [6.45, 7) is 0. The largest absolute Gasteiger partial charge is 0.327 e. The van der Waals surface area contributed by atoms with Crippen LogP contribution in [0, 0.1) is 17.6 Å². The van der Waals surface area contributed by atoms with Crippen LogP contribution >= 0.6 is 0 Å². The Balaban J connectivity index is 2.07. The molecule has 0 aliphatic heterocycles. The lowest BCUT2D eigenvalue weighted by Gasteiger charge is -2.13. The van der Waals surface area contributed by atoms with E-state index >= 15 is 0 Å². The van der Waals surface area contributed by atoms with Gasteiger partial charge in [-0.15, -0.1) is 0 Å². The van der Waals surface area contributed by atoms with E-state index in [-0.39, 0.29) is 24.2 Å². The molecule has 0 radical (unpaired) electrons. The van der Waals surface area contributed by atoms with Crippen molar-refractivity contribution in [3.05, 3.63) is 35.4 Å². The molecular weight excluding hydrogens is 224 g/mol. The van der Waals surface area contributed by atoms with Crippen LogP contribution in [0.3, 0.4) is 0 Å². The zero-order chi connectivity index (χ0) is 12.4. The van der Waals surface area contributed by atoms with Crippen LogP contribution in [0.4, 0.5) is 8.78 Å². The highest BCUT2D eigenvalue weighted by Gasteiger charge is 2.29. The lowest BCUT2D eigenvalue weighted by molar-refractivity contribution is -0.122. The molecule has 0 aromatic heterocycles. The van der Waals surface area contributed by atoms with Gasteiger partial charge in [0, 0.05) is 24.4 Å². The van der Waals surface area contributed by atoms with Crippen LogP contribution in [0.5, 0.6) is 0 Å². The summed E-state index contributed by atoms with van der Waals surface area (Å²) in [7, 11) is 0. The van der Waals surface area contributed by atoms with Crippen LogP contribution in [-0.2, 0) is 11.2 Å². The van der Waals surface area contributed by atoms with Crippen LogP contribution in [0.2, 0.25) is 0 Å². The molecule has 1 aliphatic rings. The van der Waals surface area contributed by atoms with Crippen molar-refractivity contribution in [1.29, 1.82) is 0 Å². The average molecular weight is 239 g/mol. The van der Waals surface area contributed by atoms with E-state index in [1.165, 1.54) is 12.1 Å². The minimum atomic E-state index is -0.650. The van der Waals surface area contributed by atoms with E-state index in [9.17, 15) is 13.6 Å². The van der Waals surface area contributed by atoms with Crippen molar-refractivity contribution < 1.29 is 13.6 Å². The zero-order valence-electron chi connectivity index (χ0n) is 9.46. The smallest absolute Gasteiger partial charge is 0.141 e. The van der Waals surface area contributed by atoms with Gasteiger partial charge in [0.25, 0.3) is 0 Å². The predicted molar refractivity (Wildman–Crippen MR) is 60.4 cm³/mol. The molecule has 2 unspecified atom stereocenters. The third kappa shape index (κ3) is 2.88. The van der Waals surface area contributed by atoms with Gasteiger partial charge in [0.2, 0.25) is 0 Å². The average Bonchev–Trinajstić information content (AvgIpc) is 2.62. The molecule has 0 heterocycles. The maximum Gasteiger partial charge on any atom is 0.141 e. The van der Waals surface area contributed by atoms with Crippen molar-refractivity contribution in [2.75, 3.05) is 0 Å². The maximum absolute atomic E-state index is 13.0. The summed E-state index contributed by atoms with van der Waals surface area (Å²) in [5.41, 5.74) is 6.21. The van der Waals surface area contributed by atoms with E-state index in [1.807, 2.05) is 0 Å². The number of benzene rings is 1. The van der Waals surface area contributed by atoms with Gasteiger partial charge in [-0.1, -0.05) is 6.42 Å². The standard InChI is InChI=1S/C13H15F2NO/c14-9-4-8(5-10(15)7-9)6-13(17)11-2-1-3-12(11)16/h4-5,7,11-12H,1-3,6,16H2. The minimum Gasteiger partial charge on any atom is -0.327 e. The van der Waals surface area contributed by atoms with Crippen molar-refractivity contribution in [3.8, 4) is 0 Å². The highest BCUT2D eigenvalue weighted by atomic mass is 19.1. The highest BCUT2D eigenvalue weighted by Crippen LogP contribution is 2.26. The van der Waals surface area contributed by atoms with Gasteiger partial charge in [0.1, 0.15) is 17.4 Å². The molecule has 0 amide bonds. The Labute approximate surface area is 98.8 Å². The van der Waals surface area contributed by atoms with E-state index in [2.05, 4.69) is 0 Å². The molecule has 1 aliphatic carbocycles. The Morgan fingerprint density at radius 3 is 2.41 bits per heavy atom. The van der Waals surface area contributed by atoms with Gasteiger partial charge in [-0.05, 0) is 30.5 Å². The number of Topliss-reactive ketones (excluding diaryl/α,β-unsaturated/α-hetero) is 1. The van der Waals surface area contributed by atoms with Crippen molar-refractivity contribution in [3.63, 3.8) is 0 Å². The molecule has 1 aromatic carbocycles. The molecule has 2 N–H and O–H groups in total. The molecule has 0 spiro atoms.